The first-order valence-corrected chi connectivity index (χ1v) is 5.61. The largest absolute Gasteiger partial charge is 0.330 e. The Hall–Kier alpha value is -1.42. The topological polar surface area (TPSA) is 56.7 Å². The third-order valence-electron chi connectivity index (χ3n) is 3.11. The van der Waals surface area contributed by atoms with Crippen LogP contribution >= 0.6 is 0 Å². The van der Waals surface area contributed by atoms with Gasteiger partial charge in [0, 0.05) is 25.7 Å². The molecular weight excluding hydrogens is 200 g/mol. The molecule has 2 rings (SSSR count). The van der Waals surface area contributed by atoms with Gasteiger partial charge in [-0.1, -0.05) is 13.8 Å². The number of nitrogens with two attached hydrogens (primary N) is 1. The number of aryl methyl sites for hydroxylation is 1. The maximum atomic E-state index is 5.83. The van der Waals surface area contributed by atoms with Crippen LogP contribution in [0.15, 0.2) is 18.5 Å². The van der Waals surface area contributed by atoms with Gasteiger partial charge in [-0.15, -0.1) is 0 Å². The number of imidazole rings is 1. The molecule has 0 aliphatic rings. The molecule has 1 unspecified atom stereocenters. The number of nitrogens with zero attached hydrogens (tertiary/aromatic N) is 3. The summed E-state index contributed by atoms with van der Waals surface area (Å²) < 4.78 is 2.10. The van der Waals surface area contributed by atoms with E-state index >= 15 is 0 Å². The van der Waals surface area contributed by atoms with Crippen molar-refractivity contribution in [3.05, 3.63) is 24.3 Å². The van der Waals surface area contributed by atoms with Gasteiger partial charge in [0.15, 0.2) is 0 Å². The highest BCUT2D eigenvalue weighted by molar-refractivity contribution is 5.74. The van der Waals surface area contributed by atoms with Crippen LogP contribution in [0.3, 0.4) is 0 Å². The van der Waals surface area contributed by atoms with Crippen LogP contribution in [-0.2, 0) is 7.05 Å². The Morgan fingerprint density at radius 2 is 2.19 bits per heavy atom. The summed E-state index contributed by atoms with van der Waals surface area (Å²) in [5.74, 6) is 1.85. The lowest BCUT2D eigenvalue weighted by Gasteiger charge is -2.18. The van der Waals surface area contributed by atoms with E-state index in [0.717, 1.165) is 16.9 Å². The van der Waals surface area contributed by atoms with Crippen LogP contribution in [-0.4, -0.2) is 21.1 Å². The van der Waals surface area contributed by atoms with Crippen LogP contribution in [0, 0.1) is 5.92 Å². The molecule has 0 amide bonds. The van der Waals surface area contributed by atoms with Crippen molar-refractivity contribution in [3.8, 4) is 0 Å². The van der Waals surface area contributed by atoms with Crippen molar-refractivity contribution in [2.24, 2.45) is 18.7 Å². The van der Waals surface area contributed by atoms with Crippen LogP contribution < -0.4 is 5.73 Å². The molecule has 2 N–H and O–H groups in total. The second-order valence-electron chi connectivity index (χ2n) is 4.48. The first-order chi connectivity index (χ1) is 7.65. The summed E-state index contributed by atoms with van der Waals surface area (Å²) in [4.78, 5) is 8.77. The normalized spacial score (nSPS) is 13.6. The zero-order valence-electron chi connectivity index (χ0n) is 10.0. The number of pyridine rings is 1. The predicted octanol–water partition coefficient (Wildman–Crippen LogP) is 1.67. The number of hydrogen-bond acceptors (Lipinski definition) is 3. The van der Waals surface area contributed by atoms with Crippen molar-refractivity contribution in [2.75, 3.05) is 6.54 Å². The Bertz CT molecular complexity index is 487. The van der Waals surface area contributed by atoms with Crippen molar-refractivity contribution in [3.63, 3.8) is 0 Å². The van der Waals surface area contributed by atoms with Gasteiger partial charge < -0.3 is 10.3 Å². The van der Waals surface area contributed by atoms with Crippen molar-refractivity contribution >= 4 is 11.0 Å². The van der Waals surface area contributed by atoms with E-state index in [0.29, 0.717) is 18.4 Å². The molecule has 0 aromatic carbocycles. The molecule has 2 aromatic heterocycles. The summed E-state index contributed by atoms with van der Waals surface area (Å²) in [6, 6.07) is 1.94. The van der Waals surface area contributed by atoms with Gasteiger partial charge in [-0.25, -0.2) is 4.98 Å². The van der Waals surface area contributed by atoms with E-state index in [9.17, 15) is 0 Å². The molecule has 0 radical (unpaired) electrons. The van der Waals surface area contributed by atoms with E-state index in [2.05, 4.69) is 28.4 Å². The van der Waals surface area contributed by atoms with Gasteiger partial charge in [-0.3, -0.25) is 4.98 Å². The Morgan fingerprint density at radius 3 is 2.75 bits per heavy atom. The standard InChI is InChI=1S/C12H18N4/c1-8(2)9(6-13)12-15-10-4-5-14-7-11(10)16(12)3/h4-5,7-9H,6,13H2,1-3H3. The van der Waals surface area contributed by atoms with Crippen LogP contribution in [0.1, 0.15) is 25.6 Å². The van der Waals surface area contributed by atoms with E-state index < -0.39 is 0 Å². The molecular formula is C12H18N4. The quantitative estimate of drug-likeness (QED) is 0.852. The van der Waals surface area contributed by atoms with Gasteiger partial charge in [0.05, 0.1) is 17.2 Å². The fourth-order valence-corrected chi connectivity index (χ4v) is 2.06. The smallest absolute Gasteiger partial charge is 0.114 e. The highest BCUT2D eigenvalue weighted by Gasteiger charge is 2.20. The molecule has 1 atom stereocenters. The minimum Gasteiger partial charge on any atom is -0.330 e. The Labute approximate surface area is 95.5 Å². The minimum atomic E-state index is 0.303. The summed E-state index contributed by atoms with van der Waals surface area (Å²) in [6.07, 6.45) is 3.62. The summed E-state index contributed by atoms with van der Waals surface area (Å²) in [7, 11) is 2.03. The molecule has 0 saturated heterocycles. The Kier molecular flexibility index (Phi) is 2.92. The summed E-state index contributed by atoms with van der Waals surface area (Å²) in [6.45, 7) is 4.98. The van der Waals surface area contributed by atoms with E-state index in [4.69, 9.17) is 5.73 Å². The third kappa shape index (κ3) is 1.69. The van der Waals surface area contributed by atoms with Crippen LogP contribution in [0.2, 0.25) is 0 Å². The number of aromatic nitrogens is 3. The Balaban J connectivity index is 2.56. The lowest BCUT2D eigenvalue weighted by atomic mass is 9.95. The van der Waals surface area contributed by atoms with E-state index in [1.165, 1.54) is 0 Å². The molecule has 4 nitrogen and oxygen atoms in total. The number of fused-ring (bicyclic) bond motifs is 1. The lowest BCUT2D eigenvalue weighted by molar-refractivity contribution is 0.474. The molecule has 2 aromatic rings. The van der Waals surface area contributed by atoms with Crippen LogP contribution in [0.5, 0.6) is 0 Å². The second kappa shape index (κ2) is 4.22. The summed E-state index contributed by atoms with van der Waals surface area (Å²) in [5, 5.41) is 0. The molecule has 0 aliphatic heterocycles. The monoisotopic (exact) mass is 218 g/mol. The molecule has 0 aliphatic carbocycles. The first-order valence-electron chi connectivity index (χ1n) is 5.61. The average Bonchev–Trinajstić information content (AvgIpc) is 2.58. The molecule has 86 valence electrons. The van der Waals surface area contributed by atoms with Crippen LogP contribution in [0.4, 0.5) is 0 Å². The zero-order valence-corrected chi connectivity index (χ0v) is 10.0. The number of hydrogen-bond donors (Lipinski definition) is 1. The van der Waals surface area contributed by atoms with Crippen molar-refractivity contribution in [1.82, 2.24) is 14.5 Å². The lowest BCUT2D eigenvalue weighted by Crippen LogP contribution is -2.21. The predicted molar refractivity (Wildman–Crippen MR) is 65.1 cm³/mol. The molecule has 0 saturated carbocycles. The number of rotatable bonds is 3. The molecule has 0 bridgehead atoms. The van der Waals surface area contributed by atoms with Gasteiger partial charge >= 0.3 is 0 Å². The van der Waals surface area contributed by atoms with Crippen molar-refractivity contribution in [2.45, 2.75) is 19.8 Å². The third-order valence-corrected chi connectivity index (χ3v) is 3.11. The highest BCUT2D eigenvalue weighted by Crippen LogP contribution is 2.25. The zero-order chi connectivity index (χ0) is 11.7. The Morgan fingerprint density at radius 1 is 1.44 bits per heavy atom. The highest BCUT2D eigenvalue weighted by atomic mass is 15.1. The maximum absolute atomic E-state index is 5.83. The molecule has 16 heavy (non-hydrogen) atoms. The molecule has 0 fully saturated rings. The molecule has 0 spiro atoms. The van der Waals surface area contributed by atoms with Crippen LogP contribution in [0.25, 0.3) is 11.0 Å². The van der Waals surface area contributed by atoms with Gasteiger partial charge in [0.2, 0.25) is 0 Å². The first kappa shape index (κ1) is 11.1. The summed E-state index contributed by atoms with van der Waals surface area (Å²) in [5.41, 5.74) is 7.89. The summed E-state index contributed by atoms with van der Waals surface area (Å²) >= 11 is 0. The van der Waals surface area contributed by atoms with Gasteiger partial charge in [0.1, 0.15) is 5.82 Å². The van der Waals surface area contributed by atoms with Crippen molar-refractivity contribution in [1.29, 1.82) is 0 Å². The van der Waals surface area contributed by atoms with E-state index in [1.54, 1.807) is 6.20 Å². The second-order valence-corrected chi connectivity index (χ2v) is 4.48. The maximum Gasteiger partial charge on any atom is 0.114 e. The minimum absolute atomic E-state index is 0.303. The molecule has 4 heteroatoms. The van der Waals surface area contributed by atoms with Gasteiger partial charge in [-0.05, 0) is 12.0 Å². The average molecular weight is 218 g/mol. The van der Waals surface area contributed by atoms with E-state index in [1.807, 2.05) is 19.3 Å². The molecule has 2 heterocycles. The SMILES string of the molecule is CC(C)C(CN)c1nc2ccncc2n1C. The van der Waals surface area contributed by atoms with E-state index in [-0.39, 0.29) is 0 Å². The van der Waals surface area contributed by atoms with Gasteiger partial charge in [0.25, 0.3) is 0 Å². The van der Waals surface area contributed by atoms with Gasteiger partial charge in [-0.2, -0.15) is 0 Å². The fraction of sp³-hybridized carbons (Fsp3) is 0.500. The fourth-order valence-electron chi connectivity index (χ4n) is 2.06. The van der Waals surface area contributed by atoms with Crippen molar-refractivity contribution < 1.29 is 0 Å².